The van der Waals surface area contributed by atoms with Crippen molar-refractivity contribution in [3.05, 3.63) is 35.4 Å². The Morgan fingerprint density at radius 2 is 2.06 bits per heavy atom. The zero-order valence-corrected chi connectivity index (χ0v) is 10.4. The van der Waals surface area contributed by atoms with Gasteiger partial charge in [0, 0.05) is 18.2 Å². The van der Waals surface area contributed by atoms with Gasteiger partial charge in [0.2, 0.25) is 0 Å². The average Bonchev–Trinajstić information content (AvgIpc) is 2.29. The largest absolute Gasteiger partial charge is 0.389 e. The molecule has 0 aliphatic heterocycles. The molecule has 2 nitrogen and oxygen atoms in total. The Balaban J connectivity index is 2.70. The fourth-order valence-corrected chi connectivity index (χ4v) is 1.45. The van der Waals surface area contributed by atoms with Crippen LogP contribution in [0.5, 0.6) is 0 Å². The second-order valence-corrected chi connectivity index (χ2v) is 4.62. The van der Waals surface area contributed by atoms with Gasteiger partial charge in [-0.3, -0.25) is 0 Å². The molecule has 0 spiro atoms. The van der Waals surface area contributed by atoms with Crippen molar-refractivity contribution >= 4 is 0 Å². The molecule has 2 unspecified atom stereocenters. The minimum Gasteiger partial charge on any atom is -0.389 e. The molecule has 0 fully saturated rings. The van der Waals surface area contributed by atoms with Crippen molar-refractivity contribution in [2.45, 2.75) is 38.8 Å². The third-order valence-corrected chi connectivity index (χ3v) is 2.98. The first-order chi connectivity index (χ1) is 7.85. The van der Waals surface area contributed by atoms with Crippen molar-refractivity contribution < 1.29 is 13.9 Å². The molecule has 1 rings (SSSR count). The highest BCUT2D eigenvalue weighted by Gasteiger charge is 2.19. The lowest BCUT2D eigenvalue weighted by Gasteiger charge is -2.25. The molecule has 4 heteroatoms. The molecule has 0 radical (unpaired) electrons. The van der Waals surface area contributed by atoms with E-state index in [0.717, 1.165) is 12.1 Å². The summed E-state index contributed by atoms with van der Waals surface area (Å²) in [5.74, 6) is -0.903. The molecular weight excluding hydrogens is 224 g/mol. The van der Waals surface area contributed by atoms with Crippen LogP contribution < -0.4 is 5.32 Å². The Hall–Kier alpha value is -1.00. The predicted octanol–water partition coefficient (Wildman–Crippen LogP) is 2.78. The lowest BCUT2D eigenvalue weighted by atomic mass is 10.0. The van der Waals surface area contributed by atoms with Gasteiger partial charge in [-0.1, -0.05) is 6.92 Å². The van der Waals surface area contributed by atoms with Gasteiger partial charge in [-0.15, -0.1) is 0 Å². The van der Waals surface area contributed by atoms with Crippen LogP contribution in [0.25, 0.3) is 0 Å². The Morgan fingerprint density at radius 1 is 1.41 bits per heavy atom. The molecule has 0 aliphatic rings. The minimum absolute atomic E-state index is 0.275. The van der Waals surface area contributed by atoms with Crippen LogP contribution in [0.4, 0.5) is 8.78 Å². The second-order valence-electron chi connectivity index (χ2n) is 4.62. The number of hydrogen-bond acceptors (Lipinski definition) is 2. The third-order valence-electron chi connectivity index (χ3n) is 2.98. The van der Waals surface area contributed by atoms with Gasteiger partial charge >= 0.3 is 0 Å². The molecule has 0 amide bonds. The maximum atomic E-state index is 13.5. The number of nitrogens with one attached hydrogen (secondary N) is 1. The van der Waals surface area contributed by atoms with Gasteiger partial charge in [0.05, 0.1) is 5.60 Å². The molecule has 0 heterocycles. The van der Waals surface area contributed by atoms with Crippen LogP contribution in [0.3, 0.4) is 0 Å². The predicted molar refractivity (Wildman–Crippen MR) is 63.7 cm³/mol. The van der Waals surface area contributed by atoms with E-state index in [9.17, 15) is 13.9 Å². The van der Waals surface area contributed by atoms with E-state index in [4.69, 9.17) is 0 Å². The molecule has 2 N–H and O–H groups in total. The molecule has 1 aromatic carbocycles. The number of hydrogen-bond donors (Lipinski definition) is 2. The summed E-state index contributed by atoms with van der Waals surface area (Å²) < 4.78 is 26.5. The average molecular weight is 243 g/mol. The molecule has 2 atom stereocenters. The lowest BCUT2D eigenvalue weighted by molar-refractivity contribution is 0.0532. The van der Waals surface area contributed by atoms with Gasteiger partial charge in [-0.25, -0.2) is 8.78 Å². The van der Waals surface area contributed by atoms with Crippen molar-refractivity contribution in [3.63, 3.8) is 0 Å². The van der Waals surface area contributed by atoms with Gasteiger partial charge in [-0.2, -0.15) is 0 Å². The molecular formula is C13H19F2NO. The third kappa shape index (κ3) is 4.06. The standard InChI is InChI=1S/C13H19F2NO/c1-4-13(3,17)8-16-9(2)11-7-10(14)5-6-12(11)15/h5-7,9,16-17H,4,8H2,1-3H3. The van der Waals surface area contributed by atoms with Gasteiger partial charge in [0.25, 0.3) is 0 Å². The van der Waals surface area contributed by atoms with E-state index in [-0.39, 0.29) is 11.6 Å². The number of benzene rings is 1. The van der Waals surface area contributed by atoms with Crippen molar-refractivity contribution in [1.82, 2.24) is 5.32 Å². The van der Waals surface area contributed by atoms with Crippen LogP contribution >= 0.6 is 0 Å². The smallest absolute Gasteiger partial charge is 0.128 e. The first-order valence-corrected chi connectivity index (χ1v) is 5.76. The minimum atomic E-state index is -0.835. The summed E-state index contributed by atoms with van der Waals surface area (Å²) in [6.45, 7) is 5.65. The van der Waals surface area contributed by atoms with Crippen molar-refractivity contribution in [3.8, 4) is 0 Å². The van der Waals surface area contributed by atoms with Crippen molar-refractivity contribution in [2.75, 3.05) is 6.54 Å². The maximum absolute atomic E-state index is 13.5. The molecule has 17 heavy (non-hydrogen) atoms. The Kier molecular flexibility index (Phi) is 4.60. The first-order valence-electron chi connectivity index (χ1n) is 5.76. The van der Waals surface area contributed by atoms with Gasteiger partial charge < -0.3 is 10.4 Å². The summed E-state index contributed by atoms with van der Waals surface area (Å²) >= 11 is 0. The highest BCUT2D eigenvalue weighted by atomic mass is 19.1. The van der Waals surface area contributed by atoms with Gasteiger partial charge in [0.1, 0.15) is 11.6 Å². The van der Waals surface area contributed by atoms with Crippen LogP contribution in [-0.4, -0.2) is 17.3 Å². The maximum Gasteiger partial charge on any atom is 0.128 e. The first kappa shape index (κ1) is 14.1. The fourth-order valence-electron chi connectivity index (χ4n) is 1.45. The monoisotopic (exact) mass is 243 g/mol. The zero-order valence-electron chi connectivity index (χ0n) is 10.4. The highest BCUT2D eigenvalue weighted by Crippen LogP contribution is 2.19. The van der Waals surface area contributed by atoms with Gasteiger partial charge in [0.15, 0.2) is 0 Å². The van der Waals surface area contributed by atoms with Crippen molar-refractivity contribution in [1.29, 1.82) is 0 Å². The molecule has 0 bridgehead atoms. The van der Waals surface area contributed by atoms with E-state index in [2.05, 4.69) is 5.32 Å². The summed E-state index contributed by atoms with van der Waals surface area (Å²) in [6, 6.07) is 3.03. The fraction of sp³-hybridized carbons (Fsp3) is 0.538. The zero-order chi connectivity index (χ0) is 13.1. The summed E-state index contributed by atoms with van der Waals surface area (Å²) in [7, 11) is 0. The van der Waals surface area contributed by atoms with Crippen LogP contribution in [-0.2, 0) is 0 Å². The highest BCUT2D eigenvalue weighted by molar-refractivity contribution is 5.21. The number of rotatable bonds is 5. The molecule has 0 aliphatic carbocycles. The van der Waals surface area contributed by atoms with Crippen LogP contribution in [0.2, 0.25) is 0 Å². The molecule has 1 aromatic rings. The van der Waals surface area contributed by atoms with Gasteiger partial charge in [-0.05, 0) is 38.5 Å². The van der Waals surface area contributed by atoms with E-state index < -0.39 is 17.2 Å². The SMILES string of the molecule is CCC(C)(O)CNC(C)c1cc(F)ccc1F. The summed E-state index contributed by atoms with van der Waals surface area (Å²) in [5, 5.41) is 12.8. The molecule has 0 saturated heterocycles. The Morgan fingerprint density at radius 3 is 2.65 bits per heavy atom. The topological polar surface area (TPSA) is 32.3 Å². The lowest BCUT2D eigenvalue weighted by Crippen LogP contribution is -2.38. The normalized spacial score (nSPS) is 16.6. The summed E-state index contributed by atoms with van der Waals surface area (Å²) in [4.78, 5) is 0. The quantitative estimate of drug-likeness (QED) is 0.833. The Labute approximate surface area is 101 Å². The summed E-state index contributed by atoms with van der Waals surface area (Å²) in [5.41, 5.74) is -0.560. The molecule has 0 aromatic heterocycles. The molecule has 96 valence electrons. The Bertz CT molecular complexity index is 380. The van der Waals surface area contributed by atoms with E-state index in [1.165, 1.54) is 6.07 Å². The van der Waals surface area contributed by atoms with E-state index in [0.29, 0.717) is 13.0 Å². The number of halogens is 2. The van der Waals surface area contributed by atoms with E-state index in [1.807, 2.05) is 6.92 Å². The summed E-state index contributed by atoms with van der Waals surface area (Å²) in [6.07, 6.45) is 0.596. The second kappa shape index (κ2) is 5.56. The van der Waals surface area contributed by atoms with E-state index in [1.54, 1.807) is 13.8 Å². The van der Waals surface area contributed by atoms with Crippen LogP contribution in [0.15, 0.2) is 18.2 Å². The van der Waals surface area contributed by atoms with Crippen LogP contribution in [0.1, 0.15) is 38.8 Å². The van der Waals surface area contributed by atoms with E-state index >= 15 is 0 Å². The van der Waals surface area contributed by atoms with Crippen LogP contribution in [0, 0.1) is 11.6 Å². The molecule has 0 saturated carbocycles. The number of aliphatic hydroxyl groups is 1. The van der Waals surface area contributed by atoms with Crippen molar-refractivity contribution in [2.24, 2.45) is 0 Å².